The minimum absolute atomic E-state index is 0. The van der Waals surface area contributed by atoms with Crippen LogP contribution >= 0.6 is 0 Å². The van der Waals surface area contributed by atoms with Crippen LogP contribution in [0.25, 0.3) is 0 Å². The average molecular weight is 376 g/mol. The van der Waals surface area contributed by atoms with Gasteiger partial charge in [0.25, 0.3) is 0 Å². The van der Waals surface area contributed by atoms with E-state index in [2.05, 4.69) is 0 Å². The first-order chi connectivity index (χ1) is 8.63. The summed E-state index contributed by atoms with van der Waals surface area (Å²) in [6.07, 6.45) is -12.9. The van der Waals surface area contributed by atoms with Crippen molar-refractivity contribution in [2.45, 2.75) is 49.2 Å². The molecule has 0 spiro atoms. The molecule has 13 heteroatoms. The van der Waals surface area contributed by atoms with Gasteiger partial charge in [0.05, 0.1) is 0 Å². The number of halogens is 8. The van der Waals surface area contributed by atoms with E-state index < -0.39 is 59.3 Å². The van der Waals surface area contributed by atoms with Crippen LogP contribution in [0.2, 0.25) is 0 Å². The summed E-state index contributed by atoms with van der Waals surface area (Å²) in [5.41, 5.74) is 0. The Morgan fingerprint density at radius 2 is 1.38 bits per heavy atom. The summed E-state index contributed by atoms with van der Waals surface area (Å²) in [7, 11) is -6.81. The van der Waals surface area contributed by atoms with Crippen molar-refractivity contribution in [1.29, 1.82) is 0 Å². The van der Waals surface area contributed by atoms with Gasteiger partial charge in [0.15, 0.2) is 16.3 Å². The first kappa shape index (κ1) is 24.2. The fourth-order valence-electron chi connectivity index (χ4n) is 1.18. The van der Waals surface area contributed by atoms with E-state index in [0.717, 1.165) is 0 Å². The molecule has 0 aromatic heterocycles. The maximum Gasteiger partial charge on any atom is 1.00 e. The standard InChI is InChI=1S/C8H10F8O3S.K/c9-5(3-1-2-4-6(10,11)12)7(13,14)8(15,16)20(17,18)19;/h5H,1-4H2,(H,17,18,19);/q;+1/p-1. The van der Waals surface area contributed by atoms with Crippen molar-refractivity contribution in [1.82, 2.24) is 0 Å². The Morgan fingerprint density at radius 3 is 1.71 bits per heavy atom. The van der Waals surface area contributed by atoms with Crippen LogP contribution in [0.5, 0.6) is 0 Å². The molecule has 0 aromatic rings. The molecule has 21 heavy (non-hydrogen) atoms. The molecule has 0 aliphatic rings. The van der Waals surface area contributed by atoms with E-state index in [-0.39, 0.29) is 51.4 Å². The number of unbranched alkanes of at least 4 members (excludes halogenated alkanes) is 1. The molecule has 122 valence electrons. The fraction of sp³-hybridized carbons (Fsp3) is 1.00. The summed E-state index contributed by atoms with van der Waals surface area (Å²) < 4.78 is 129. The third kappa shape index (κ3) is 6.95. The second-order valence-corrected chi connectivity index (χ2v) is 5.34. The summed E-state index contributed by atoms with van der Waals surface area (Å²) >= 11 is 0. The van der Waals surface area contributed by atoms with E-state index in [1.165, 1.54) is 0 Å². The Morgan fingerprint density at radius 1 is 0.952 bits per heavy atom. The van der Waals surface area contributed by atoms with Gasteiger partial charge >= 0.3 is 68.7 Å². The second-order valence-electron chi connectivity index (χ2n) is 3.92. The Bertz CT molecular complexity index is 422. The molecule has 0 N–H and O–H groups in total. The molecule has 0 aliphatic carbocycles. The van der Waals surface area contributed by atoms with Crippen LogP contribution in [0.4, 0.5) is 35.1 Å². The van der Waals surface area contributed by atoms with Crippen LogP contribution in [0.1, 0.15) is 25.7 Å². The molecule has 0 saturated carbocycles. The van der Waals surface area contributed by atoms with Crippen molar-refractivity contribution in [2.75, 3.05) is 0 Å². The summed E-state index contributed by atoms with van der Waals surface area (Å²) in [6.45, 7) is 0. The SMILES string of the molecule is O=S(=O)([O-])C(F)(F)C(F)(F)C(F)CCCCC(F)(F)F.[K+]. The van der Waals surface area contributed by atoms with E-state index in [1.54, 1.807) is 0 Å². The summed E-state index contributed by atoms with van der Waals surface area (Å²) in [6, 6.07) is 0. The van der Waals surface area contributed by atoms with Crippen LogP contribution in [0.15, 0.2) is 0 Å². The van der Waals surface area contributed by atoms with Gasteiger partial charge in [-0.3, -0.25) is 0 Å². The van der Waals surface area contributed by atoms with Crippen molar-refractivity contribution < 1.29 is 99.5 Å². The molecular formula is C8H9F8KO3S. The molecular weight excluding hydrogens is 367 g/mol. The quantitative estimate of drug-likeness (QED) is 0.277. The van der Waals surface area contributed by atoms with Gasteiger partial charge < -0.3 is 4.55 Å². The summed E-state index contributed by atoms with van der Waals surface area (Å²) in [4.78, 5) is 0. The molecule has 0 amide bonds. The van der Waals surface area contributed by atoms with E-state index in [9.17, 15) is 48.1 Å². The first-order valence-corrected chi connectivity index (χ1v) is 6.45. The topological polar surface area (TPSA) is 57.2 Å². The molecule has 0 heterocycles. The van der Waals surface area contributed by atoms with E-state index in [4.69, 9.17) is 0 Å². The normalized spacial score (nSPS) is 15.5. The average Bonchev–Trinajstić information content (AvgIpc) is 2.20. The van der Waals surface area contributed by atoms with E-state index >= 15 is 0 Å². The Kier molecular flexibility index (Phi) is 9.46. The van der Waals surface area contributed by atoms with Gasteiger partial charge in [-0.2, -0.15) is 30.7 Å². The Labute approximate surface area is 157 Å². The summed E-state index contributed by atoms with van der Waals surface area (Å²) in [5.74, 6) is -5.81. The largest absolute Gasteiger partial charge is 1.00 e. The fourth-order valence-corrected chi connectivity index (χ4v) is 1.64. The molecule has 0 bridgehead atoms. The smallest absolute Gasteiger partial charge is 0.743 e. The molecule has 0 radical (unpaired) electrons. The predicted octanol–water partition coefficient (Wildman–Crippen LogP) is 0.225. The number of hydrogen-bond acceptors (Lipinski definition) is 3. The van der Waals surface area contributed by atoms with Crippen molar-refractivity contribution in [3.8, 4) is 0 Å². The zero-order valence-electron chi connectivity index (χ0n) is 10.6. The van der Waals surface area contributed by atoms with Crippen LogP contribution in [0.3, 0.4) is 0 Å². The molecule has 1 unspecified atom stereocenters. The molecule has 1 atom stereocenters. The molecule has 0 saturated heterocycles. The zero-order chi connectivity index (χ0) is 16.4. The van der Waals surface area contributed by atoms with Crippen LogP contribution in [-0.2, 0) is 10.1 Å². The number of alkyl halides is 8. The third-order valence-corrected chi connectivity index (χ3v) is 3.16. The minimum atomic E-state index is -6.81. The Balaban J connectivity index is 0. The number of rotatable bonds is 7. The first-order valence-electron chi connectivity index (χ1n) is 5.05. The minimum Gasteiger partial charge on any atom is -0.743 e. The van der Waals surface area contributed by atoms with Gasteiger partial charge in [-0.15, -0.1) is 0 Å². The predicted molar refractivity (Wildman–Crippen MR) is 49.0 cm³/mol. The van der Waals surface area contributed by atoms with Crippen molar-refractivity contribution in [3.63, 3.8) is 0 Å². The van der Waals surface area contributed by atoms with Crippen LogP contribution < -0.4 is 51.4 Å². The van der Waals surface area contributed by atoms with E-state index in [1.807, 2.05) is 0 Å². The molecule has 3 nitrogen and oxygen atoms in total. The zero-order valence-corrected chi connectivity index (χ0v) is 14.5. The third-order valence-electron chi connectivity index (χ3n) is 2.26. The van der Waals surface area contributed by atoms with Gasteiger partial charge in [0.1, 0.15) is 0 Å². The molecule has 0 aromatic carbocycles. The van der Waals surface area contributed by atoms with Crippen LogP contribution in [-0.4, -0.2) is 36.5 Å². The van der Waals surface area contributed by atoms with Gasteiger partial charge in [0.2, 0.25) is 0 Å². The maximum atomic E-state index is 12.9. The van der Waals surface area contributed by atoms with Gasteiger partial charge in [-0.25, -0.2) is 12.8 Å². The van der Waals surface area contributed by atoms with E-state index in [0.29, 0.717) is 0 Å². The Hall–Kier alpha value is 0.986. The molecule has 0 aliphatic heterocycles. The van der Waals surface area contributed by atoms with Crippen molar-refractivity contribution in [2.24, 2.45) is 0 Å². The van der Waals surface area contributed by atoms with Crippen molar-refractivity contribution >= 4 is 10.1 Å². The second kappa shape index (κ2) is 8.19. The summed E-state index contributed by atoms with van der Waals surface area (Å²) in [5, 5.41) is -6.18. The monoisotopic (exact) mass is 376 g/mol. The van der Waals surface area contributed by atoms with Crippen molar-refractivity contribution in [3.05, 3.63) is 0 Å². The molecule has 0 fully saturated rings. The maximum absolute atomic E-state index is 12.9. The van der Waals surface area contributed by atoms with Gasteiger partial charge in [0, 0.05) is 6.42 Å². The van der Waals surface area contributed by atoms with Gasteiger partial charge in [-0.1, -0.05) is 0 Å². The molecule has 0 rings (SSSR count). The number of hydrogen-bond donors (Lipinski definition) is 0. The van der Waals surface area contributed by atoms with Gasteiger partial charge in [-0.05, 0) is 19.3 Å². The van der Waals surface area contributed by atoms with Crippen LogP contribution in [0, 0.1) is 0 Å².